The first-order chi connectivity index (χ1) is 12.7. The Hall–Kier alpha value is -1.11. The van der Waals surface area contributed by atoms with Gasteiger partial charge >= 0.3 is 0 Å². The SMILES string of the molecule is Clc1cccc(COc2ccc(Br)cc2CNCCN2CCOCC2)c1. The minimum atomic E-state index is 0.503. The Labute approximate surface area is 168 Å². The Kier molecular flexibility index (Phi) is 7.77. The summed E-state index contributed by atoms with van der Waals surface area (Å²) in [6.07, 6.45) is 0. The van der Waals surface area contributed by atoms with Gasteiger partial charge in [-0.05, 0) is 35.9 Å². The van der Waals surface area contributed by atoms with Crippen molar-refractivity contribution < 1.29 is 9.47 Å². The molecule has 1 heterocycles. The van der Waals surface area contributed by atoms with Gasteiger partial charge in [-0.25, -0.2) is 0 Å². The zero-order valence-electron chi connectivity index (χ0n) is 14.7. The van der Waals surface area contributed by atoms with Crippen LogP contribution in [0.2, 0.25) is 5.02 Å². The highest BCUT2D eigenvalue weighted by Crippen LogP contribution is 2.24. The molecule has 0 unspecified atom stereocenters. The summed E-state index contributed by atoms with van der Waals surface area (Å²) in [6.45, 7) is 6.98. The topological polar surface area (TPSA) is 33.7 Å². The van der Waals surface area contributed by atoms with Crippen molar-refractivity contribution in [3.63, 3.8) is 0 Å². The lowest BCUT2D eigenvalue weighted by Gasteiger charge is -2.26. The summed E-state index contributed by atoms with van der Waals surface area (Å²) in [5.74, 6) is 0.895. The standard InChI is InChI=1S/C20H24BrClN2O2/c21-18-4-5-20(26-15-16-2-1-3-19(22)12-16)17(13-18)14-23-6-7-24-8-10-25-11-9-24/h1-5,12-13,23H,6-11,14-15H2. The maximum absolute atomic E-state index is 6.04. The first kappa shape index (κ1) is 19.6. The number of hydrogen-bond acceptors (Lipinski definition) is 4. The van der Waals surface area contributed by atoms with Crippen LogP contribution in [-0.2, 0) is 17.9 Å². The van der Waals surface area contributed by atoms with Crippen LogP contribution in [0.1, 0.15) is 11.1 Å². The summed E-state index contributed by atoms with van der Waals surface area (Å²) < 4.78 is 12.5. The second-order valence-electron chi connectivity index (χ2n) is 6.30. The number of ether oxygens (including phenoxy) is 2. The van der Waals surface area contributed by atoms with Crippen molar-refractivity contribution in [3.8, 4) is 5.75 Å². The number of nitrogens with one attached hydrogen (secondary N) is 1. The number of nitrogens with zero attached hydrogens (tertiary/aromatic N) is 1. The first-order valence-corrected chi connectivity index (χ1v) is 10.0. The first-order valence-electron chi connectivity index (χ1n) is 8.87. The van der Waals surface area contributed by atoms with Crippen LogP contribution in [0.5, 0.6) is 5.75 Å². The number of halogens is 2. The van der Waals surface area contributed by atoms with Crippen molar-refractivity contribution in [1.82, 2.24) is 10.2 Å². The fourth-order valence-corrected chi connectivity index (χ4v) is 3.52. The minimum absolute atomic E-state index is 0.503. The summed E-state index contributed by atoms with van der Waals surface area (Å²) in [6, 6.07) is 13.9. The average Bonchev–Trinajstić information content (AvgIpc) is 2.65. The molecule has 0 spiro atoms. The van der Waals surface area contributed by atoms with Crippen molar-refractivity contribution >= 4 is 27.5 Å². The Balaban J connectivity index is 1.51. The van der Waals surface area contributed by atoms with Gasteiger partial charge in [-0.1, -0.05) is 39.7 Å². The molecule has 6 heteroatoms. The maximum atomic E-state index is 6.04. The van der Waals surface area contributed by atoms with Crippen LogP contribution in [0.4, 0.5) is 0 Å². The molecule has 1 fully saturated rings. The molecular weight excluding hydrogens is 416 g/mol. The Morgan fingerprint density at radius 3 is 2.81 bits per heavy atom. The fraction of sp³-hybridized carbons (Fsp3) is 0.400. The van der Waals surface area contributed by atoms with E-state index in [4.69, 9.17) is 21.1 Å². The van der Waals surface area contributed by atoms with Crippen LogP contribution in [0.3, 0.4) is 0 Å². The van der Waals surface area contributed by atoms with E-state index in [1.807, 2.05) is 36.4 Å². The highest BCUT2D eigenvalue weighted by molar-refractivity contribution is 9.10. The van der Waals surface area contributed by atoms with Gasteiger partial charge in [0.1, 0.15) is 12.4 Å². The highest BCUT2D eigenvalue weighted by atomic mass is 79.9. The number of morpholine rings is 1. The molecule has 3 rings (SSSR count). The smallest absolute Gasteiger partial charge is 0.124 e. The minimum Gasteiger partial charge on any atom is -0.489 e. The second kappa shape index (κ2) is 10.3. The van der Waals surface area contributed by atoms with Gasteiger partial charge in [0.15, 0.2) is 0 Å². The molecular formula is C20H24BrClN2O2. The normalized spacial score (nSPS) is 15.2. The van der Waals surface area contributed by atoms with Gasteiger partial charge in [0.2, 0.25) is 0 Å². The molecule has 0 radical (unpaired) electrons. The molecule has 1 saturated heterocycles. The fourth-order valence-electron chi connectivity index (χ4n) is 2.90. The molecule has 0 amide bonds. The Morgan fingerprint density at radius 2 is 2.00 bits per heavy atom. The van der Waals surface area contributed by atoms with Crippen LogP contribution in [0, 0.1) is 0 Å². The van der Waals surface area contributed by atoms with Crippen molar-refractivity contribution in [3.05, 3.63) is 63.1 Å². The largest absolute Gasteiger partial charge is 0.489 e. The van der Waals surface area contributed by atoms with Crippen LogP contribution in [-0.4, -0.2) is 44.3 Å². The average molecular weight is 440 g/mol. The summed E-state index contributed by atoms with van der Waals surface area (Å²) in [7, 11) is 0. The second-order valence-corrected chi connectivity index (χ2v) is 7.65. The highest BCUT2D eigenvalue weighted by Gasteiger charge is 2.10. The van der Waals surface area contributed by atoms with Crippen molar-refractivity contribution in [1.29, 1.82) is 0 Å². The van der Waals surface area contributed by atoms with Crippen LogP contribution < -0.4 is 10.1 Å². The lowest BCUT2D eigenvalue weighted by molar-refractivity contribution is 0.0384. The zero-order chi connectivity index (χ0) is 18.2. The molecule has 1 N–H and O–H groups in total. The maximum Gasteiger partial charge on any atom is 0.124 e. The van der Waals surface area contributed by atoms with Gasteiger partial charge < -0.3 is 14.8 Å². The van der Waals surface area contributed by atoms with Gasteiger partial charge in [-0.15, -0.1) is 0 Å². The van der Waals surface area contributed by atoms with E-state index in [1.165, 1.54) is 0 Å². The van der Waals surface area contributed by atoms with Crippen molar-refractivity contribution in [2.45, 2.75) is 13.2 Å². The van der Waals surface area contributed by atoms with E-state index in [-0.39, 0.29) is 0 Å². The van der Waals surface area contributed by atoms with Gasteiger partial charge in [0, 0.05) is 47.8 Å². The number of benzene rings is 2. The van der Waals surface area contributed by atoms with E-state index >= 15 is 0 Å². The van der Waals surface area contributed by atoms with Crippen molar-refractivity contribution in [2.75, 3.05) is 39.4 Å². The molecule has 4 nitrogen and oxygen atoms in total. The molecule has 0 aliphatic carbocycles. The molecule has 0 saturated carbocycles. The lowest BCUT2D eigenvalue weighted by Crippen LogP contribution is -2.40. The quantitative estimate of drug-likeness (QED) is 0.628. The summed E-state index contributed by atoms with van der Waals surface area (Å²) in [5.41, 5.74) is 2.20. The third kappa shape index (κ3) is 6.25. The van der Waals surface area contributed by atoms with Gasteiger partial charge in [-0.2, -0.15) is 0 Å². The lowest BCUT2D eigenvalue weighted by atomic mass is 10.2. The molecule has 2 aromatic rings. The van der Waals surface area contributed by atoms with E-state index in [0.29, 0.717) is 6.61 Å². The van der Waals surface area contributed by atoms with Gasteiger partial charge in [0.25, 0.3) is 0 Å². The molecule has 1 aliphatic heterocycles. The molecule has 0 atom stereocenters. The van der Waals surface area contributed by atoms with Crippen LogP contribution >= 0.6 is 27.5 Å². The van der Waals surface area contributed by atoms with Gasteiger partial charge in [-0.3, -0.25) is 4.90 Å². The predicted octanol–water partition coefficient (Wildman–Crippen LogP) is 4.10. The monoisotopic (exact) mass is 438 g/mol. The van der Waals surface area contributed by atoms with E-state index < -0.39 is 0 Å². The third-order valence-electron chi connectivity index (χ3n) is 4.33. The predicted molar refractivity (Wildman–Crippen MR) is 109 cm³/mol. The van der Waals surface area contributed by atoms with Crippen LogP contribution in [0.15, 0.2) is 46.9 Å². The molecule has 0 bridgehead atoms. The van der Waals surface area contributed by atoms with E-state index in [9.17, 15) is 0 Å². The third-order valence-corrected chi connectivity index (χ3v) is 5.06. The van der Waals surface area contributed by atoms with Gasteiger partial charge in [0.05, 0.1) is 13.2 Å². The number of hydrogen-bond donors (Lipinski definition) is 1. The molecule has 2 aromatic carbocycles. The summed E-state index contributed by atoms with van der Waals surface area (Å²) in [5, 5.41) is 4.25. The number of rotatable bonds is 8. The Morgan fingerprint density at radius 1 is 1.15 bits per heavy atom. The molecule has 140 valence electrons. The van der Waals surface area contributed by atoms with Crippen LogP contribution in [0.25, 0.3) is 0 Å². The van der Waals surface area contributed by atoms with E-state index in [1.54, 1.807) is 0 Å². The summed E-state index contributed by atoms with van der Waals surface area (Å²) in [4.78, 5) is 2.42. The van der Waals surface area contributed by atoms with E-state index in [0.717, 1.165) is 72.3 Å². The molecule has 26 heavy (non-hydrogen) atoms. The Bertz CT molecular complexity index is 708. The molecule has 0 aromatic heterocycles. The van der Waals surface area contributed by atoms with Crippen molar-refractivity contribution in [2.24, 2.45) is 0 Å². The zero-order valence-corrected chi connectivity index (χ0v) is 17.1. The molecule has 1 aliphatic rings. The van der Waals surface area contributed by atoms with E-state index in [2.05, 4.69) is 32.2 Å². The summed E-state index contributed by atoms with van der Waals surface area (Å²) >= 11 is 9.59.